The molecule has 0 spiro atoms. The van der Waals surface area contributed by atoms with Gasteiger partial charge in [0.05, 0.1) is 5.02 Å². The number of phenolic OH excluding ortho intramolecular Hbond substituents is 1. The van der Waals surface area contributed by atoms with Gasteiger partial charge in [0.15, 0.2) is 0 Å². The monoisotopic (exact) mass is 296 g/mol. The number of phenols is 1. The summed E-state index contributed by atoms with van der Waals surface area (Å²) >= 11 is 5.80. The molecular weight excluding hydrogens is 276 g/mol. The van der Waals surface area contributed by atoms with Gasteiger partial charge in [0, 0.05) is 18.7 Å². The summed E-state index contributed by atoms with van der Waals surface area (Å²) < 4.78 is 0. The van der Waals surface area contributed by atoms with E-state index in [0.717, 1.165) is 6.54 Å². The molecule has 110 valence electrons. The van der Waals surface area contributed by atoms with Gasteiger partial charge < -0.3 is 15.3 Å². The minimum absolute atomic E-state index is 0.00869. The Balaban J connectivity index is 1.80. The maximum absolute atomic E-state index is 12.0. The molecule has 5 heteroatoms. The average molecular weight is 297 g/mol. The van der Waals surface area contributed by atoms with Crippen LogP contribution in [0.1, 0.15) is 30.1 Å². The summed E-state index contributed by atoms with van der Waals surface area (Å²) in [5.74, 6) is 0.260. The molecule has 0 bridgehead atoms. The van der Waals surface area contributed by atoms with E-state index in [1.54, 1.807) is 6.07 Å². The molecule has 0 saturated carbocycles. The van der Waals surface area contributed by atoms with Gasteiger partial charge in [0.2, 0.25) is 0 Å². The number of amides is 1. The van der Waals surface area contributed by atoms with Crippen molar-refractivity contribution < 1.29 is 9.90 Å². The Labute approximate surface area is 124 Å². The van der Waals surface area contributed by atoms with E-state index in [4.69, 9.17) is 11.6 Å². The first-order valence-corrected chi connectivity index (χ1v) is 7.43. The van der Waals surface area contributed by atoms with E-state index in [1.165, 1.54) is 38.1 Å². The van der Waals surface area contributed by atoms with Gasteiger partial charge in [-0.25, -0.2) is 0 Å². The van der Waals surface area contributed by atoms with Crippen molar-refractivity contribution in [2.45, 2.75) is 19.8 Å². The molecule has 20 heavy (non-hydrogen) atoms. The molecule has 1 aliphatic rings. The molecule has 0 radical (unpaired) electrons. The zero-order valence-corrected chi connectivity index (χ0v) is 12.5. The van der Waals surface area contributed by atoms with Crippen LogP contribution in [0.5, 0.6) is 5.75 Å². The summed E-state index contributed by atoms with van der Waals surface area (Å²) in [6.45, 7) is 6.16. The van der Waals surface area contributed by atoms with E-state index in [-0.39, 0.29) is 16.7 Å². The molecule has 1 aromatic rings. The topological polar surface area (TPSA) is 52.6 Å². The summed E-state index contributed by atoms with van der Waals surface area (Å²) in [4.78, 5) is 14.4. The second-order valence-corrected chi connectivity index (χ2v) is 5.90. The van der Waals surface area contributed by atoms with Crippen LogP contribution in [0.15, 0.2) is 18.2 Å². The number of nitrogens with one attached hydrogen (secondary N) is 1. The van der Waals surface area contributed by atoms with Crippen LogP contribution in [-0.4, -0.2) is 42.1 Å². The third-order valence-corrected chi connectivity index (χ3v) is 3.89. The van der Waals surface area contributed by atoms with Crippen molar-refractivity contribution in [3.8, 4) is 5.75 Å². The normalized spacial score (nSPS) is 17.1. The molecule has 1 unspecified atom stereocenters. The summed E-state index contributed by atoms with van der Waals surface area (Å²) in [5.41, 5.74) is 0.473. The minimum atomic E-state index is -0.153. The SMILES string of the molecule is CC(CNC(=O)c1ccc(O)c(Cl)c1)CN1CCCC1. The lowest BCUT2D eigenvalue weighted by molar-refractivity contribution is 0.0945. The standard InChI is InChI=1S/C15H21ClN2O2/c1-11(10-18-6-2-3-7-18)9-17-15(20)12-4-5-14(19)13(16)8-12/h4-5,8,11,19H,2-3,6-7,9-10H2,1H3,(H,17,20). The number of carbonyl (C=O) groups is 1. The molecule has 2 N–H and O–H groups in total. The van der Waals surface area contributed by atoms with Crippen molar-refractivity contribution in [2.75, 3.05) is 26.2 Å². The van der Waals surface area contributed by atoms with Crippen LogP contribution < -0.4 is 5.32 Å². The Morgan fingerprint density at radius 3 is 2.80 bits per heavy atom. The molecule has 4 nitrogen and oxygen atoms in total. The zero-order chi connectivity index (χ0) is 14.5. The predicted octanol–water partition coefficient (Wildman–Crippen LogP) is 2.51. The van der Waals surface area contributed by atoms with Crippen LogP contribution in [0.3, 0.4) is 0 Å². The highest BCUT2D eigenvalue weighted by atomic mass is 35.5. The summed E-state index contributed by atoms with van der Waals surface area (Å²) in [6, 6.07) is 4.49. The van der Waals surface area contributed by atoms with Crippen molar-refractivity contribution in [3.63, 3.8) is 0 Å². The van der Waals surface area contributed by atoms with E-state index in [9.17, 15) is 9.90 Å². The van der Waals surface area contributed by atoms with Gasteiger partial charge in [0.1, 0.15) is 5.75 Å². The van der Waals surface area contributed by atoms with Gasteiger partial charge in [-0.15, -0.1) is 0 Å². The Bertz CT molecular complexity index is 473. The quantitative estimate of drug-likeness (QED) is 0.878. The van der Waals surface area contributed by atoms with Crippen LogP contribution >= 0.6 is 11.6 Å². The van der Waals surface area contributed by atoms with E-state index in [2.05, 4.69) is 17.1 Å². The molecule has 1 heterocycles. The Kier molecular flexibility index (Phi) is 5.26. The van der Waals surface area contributed by atoms with Crippen LogP contribution in [0.25, 0.3) is 0 Å². The van der Waals surface area contributed by atoms with Gasteiger partial charge >= 0.3 is 0 Å². The number of halogens is 1. The molecule has 1 amide bonds. The lowest BCUT2D eigenvalue weighted by Gasteiger charge is -2.20. The highest BCUT2D eigenvalue weighted by Gasteiger charge is 2.15. The first-order chi connectivity index (χ1) is 9.56. The lowest BCUT2D eigenvalue weighted by Crippen LogP contribution is -2.34. The van der Waals surface area contributed by atoms with Gasteiger partial charge in [-0.1, -0.05) is 18.5 Å². The van der Waals surface area contributed by atoms with Gasteiger partial charge in [-0.3, -0.25) is 4.79 Å². The van der Waals surface area contributed by atoms with E-state index in [1.807, 2.05) is 0 Å². The van der Waals surface area contributed by atoms with Crippen molar-refractivity contribution >= 4 is 17.5 Å². The first-order valence-electron chi connectivity index (χ1n) is 7.05. The lowest BCUT2D eigenvalue weighted by atomic mass is 10.1. The van der Waals surface area contributed by atoms with Crippen LogP contribution in [0.4, 0.5) is 0 Å². The number of nitrogens with zero attached hydrogens (tertiary/aromatic N) is 1. The average Bonchev–Trinajstić information content (AvgIpc) is 2.92. The van der Waals surface area contributed by atoms with Crippen molar-refractivity contribution in [1.29, 1.82) is 0 Å². The number of rotatable bonds is 5. The second kappa shape index (κ2) is 6.95. The van der Waals surface area contributed by atoms with Gasteiger partial charge in [0.25, 0.3) is 5.91 Å². The fourth-order valence-electron chi connectivity index (χ4n) is 2.49. The van der Waals surface area contributed by atoms with Crippen LogP contribution in [-0.2, 0) is 0 Å². The zero-order valence-electron chi connectivity index (χ0n) is 11.7. The predicted molar refractivity (Wildman–Crippen MR) is 80.3 cm³/mol. The third kappa shape index (κ3) is 4.12. The Morgan fingerprint density at radius 2 is 2.15 bits per heavy atom. The number of benzene rings is 1. The molecule has 1 fully saturated rings. The molecular formula is C15H21ClN2O2. The maximum atomic E-state index is 12.0. The molecule has 0 aliphatic carbocycles. The number of carbonyl (C=O) groups excluding carboxylic acids is 1. The van der Waals surface area contributed by atoms with E-state index >= 15 is 0 Å². The fourth-order valence-corrected chi connectivity index (χ4v) is 2.67. The van der Waals surface area contributed by atoms with Crippen molar-refractivity contribution in [1.82, 2.24) is 10.2 Å². The highest BCUT2D eigenvalue weighted by Crippen LogP contribution is 2.23. The Hall–Kier alpha value is -1.26. The van der Waals surface area contributed by atoms with Crippen molar-refractivity contribution in [2.24, 2.45) is 5.92 Å². The number of hydrogen-bond acceptors (Lipinski definition) is 3. The Morgan fingerprint density at radius 1 is 1.45 bits per heavy atom. The minimum Gasteiger partial charge on any atom is -0.506 e. The van der Waals surface area contributed by atoms with Crippen LogP contribution in [0.2, 0.25) is 5.02 Å². The van der Waals surface area contributed by atoms with E-state index < -0.39 is 0 Å². The molecule has 1 aliphatic heterocycles. The molecule has 0 aromatic heterocycles. The van der Waals surface area contributed by atoms with Gasteiger partial charge in [-0.05, 0) is 50.0 Å². The third-order valence-electron chi connectivity index (χ3n) is 3.59. The van der Waals surface area contributed by atoms with Crippen molar-refractivity contribution in [3.05, 3.63) is 28.8 Å². The first kappa shape index (κ1) is 15.1. The number of likely N-dealkylation sites (tertiary alicyclic amines) is 1. The maximum Gasteiger partial charge on any atom is 0.251 e. The summed E-state index contributed by atoms with van der Waals surface area (Å²) in [5, 5.41) is 12.4. The summed E-state index contributed by atoms with van der Waals surface area (Å²) in [6.07, 6.45) is 2.57. The second-order valence-electron chi connectivity index (χ2n) is 5.49. The smallest absolute Gasteiger partial charge is 0.251 e. The number of aromatic hydroxyl groups is 1. The molecule has 2 rings (SSSR count). The van der Waals surface area contributed by atoms with Gasteiger partial charge in [-0.2, -0.15) is 0 Å². The van der Waals surface area contributed by atoms with E-state index in [0.29, 0.717) is 18.0 Å². The molecule has 1 aromatic carbocycles. The van der Waals surface area contributed by atoms with Crippen LogP contribution in [0, 0.1) is 5.92 Å². The molecule has 1 atom stereocenters. The summed E-state index contributed by atoms with van der Waals surface area (Å²) in [7, 11) is 0. The largest absolute Gasteiger partial charge is 0.506 e. The number of hydrogen-bond donors (Lipinski definition) is 2. The highest BCUT2D eigenvalue weighted by molar-refractivity contribution is 6.32. The fraction of sp³-hybridized carbons (Fsp3) is 0.533. The molecule has 1 saturated heterocycles.